The first-order valence-corrected chi connectivity index (χ1v) is 4.22. The van der Waals surface area contributed by atoms with E-state index in [1.807, 2.05) is 6.07 Å². The number of imidazole rings is 1. The van der Waals surface area contributed by atoms with E-state index in [-0.39, 0.29) is 18.8 Å². The number of fused-ring (bicyclic) bond motifs is 1. The molecule has 76 valence electrons. The summed E-state index contributed by atoms with van der Waals surface area (Å²) >= 11 is 0. The third-order valence-electron chi connectivity index (χ3n) is 1.94. The van der Waals surface area contributed by atoms with E-state index in [4.69, 9.17) is 10.4 Å². The summed E-state index contributed by atoms with van der Waals surface area (Å²) in [4.78, 5) is 21.0. The average molecular weight is 205 g/mol. The van der Waals surface area contributed by atoms with E-state index in [9.17, 15) is 4.79 Å². The van der Waals surface area contributed by atoms with Crippen molar-refractivity contribution < 1.29 is 5.11 Å². The summed E-state index contributed by atoms with van der Waals surface area (Å²) in [7, 11) is 0. The van der Waals surface area contributed by atoms with Gasteiger partial charge in [-0.25, -0.2) is 9.78 Å². The fourth-order valence-electron chi connectivity index (χ4n) is 1.31. The zero-order valence-corrected chi connectivity index (χ0v) is 7.64. The Morgan fingerprint density at radius 2 is 2.47 bits per heavy atom. The lowest BCUT2D eigenvalue weighted by molar-refractivity contribution is 0.277. The third-order valence-corrected chi connectivity index (χ3v) is 1.94. The molecule has 0 aromatic carbocycles. The smallest absolute Gasteiger partial charge is 0.348 e. The number of nitriles is 1. The Morgan fingerprint density at radius 1 is 1.67 bits per heavy atom. The molecule has 0 amide bonds. The normalized spacial score (nSPS) is 10.4. The minimum absolute atomic E-state index is 0.0815. The Bertz CT molecular complexity index is 591. The Hall–Kier alpha value is -2.20. The van der Waals surface area contributed by atoms with E-state index in [1.165, 1.54) is 10.9 Å². The second-order valence-electron chi connectivity index (χ2n) is 2.86. The zero-order chi connectivity index (χ0) is 10.8. The van der Waals surface area contributed by atoms with Gasteiger partial charge in [0.05, 0.1) is 12.9 Å². The zero-order valence-electron chi connectivity index (χ0n) is 7.64. The third kappa shape index (κ3) is 1.47. The van der Waals surface area contributed by atoms with Crippen LogP contribution in [-0.2, 0) is 6.54 Å². The van der Waals surface area contributed by atoms with Gasteiger partial charge < -0.3 is 9.67 Å². The molecule has 2 rings (SSSR count). The maximum Gasteiger partial charge on any atom is 0.348 e. The average Bonchev–Trinajstić information content (AvgIpc) is 2.61. The number of aromatic nitrogens is 4. The molecule has 0 fully saturated rings. The highest BCUT2D eigenvalue weighted by Crippen LogP contribution is 2.09. The van der Waals surface area contributed by atoms with E-state index in [2.05, 4.69) is 15.0 Å². The Kier molecular flexibility index (Phi) is 2.19. The lowest BCUT2D eigenvalue weighted by atomic mass is 10.4. The van der Waals surface area contributed by atoms with Gasteiger partial charge in [0.25, 0.3) is 0 Å². The molecule has 2 aromatic heterocycles. The molecule has 0 saturated heterocycles. The maximum absolute atomic E-state index is 11.1. The molecular weight excluding hydrogens is 198 g/mol. The number of aromatic amines is 1. The van der Waals surface area contributed by atoms with Crippen LogP contribution in [-0.4, -0.2) is 31.2 Å². The first kappa shape index (κ1) is 9.36. The summed E-state index contributed by atoms with van der Waals surface area (Å²) < 4.78 is 1.52. The van der Waals surface area contributed by atoms with Crippen LogP contribution >= 0.6 is 0 Å². The van der Waals surface area contributed by atoms with Gasteiger partial charge in [-0.15, -0.1) is 0 Å². The molecule has 0 bridgehead atoms. The second kappa shape index (κ2) is 3.51. The Morgan fingerprint density at radius 3 is 3.13 bits per heavy atom. The van der Waals surface area contributed by atoms with Crippen molar-refractivity contribution in [2.75, 3.05) is 6.61 Å². The van der Waals surface area contributed by atoms with Gasteiger partial charge >= 0.3 is 5.69 Å². The van der Waals surface area contributed by atoms with Crippen LogP contribution in [0, 0.1) is 11.3 Å². The van der Waals surface area contributed by atoms with Crippen molar-refractivity contribution in [3.8, 4) is 6.07 Å². The van der Waals surface area contributed by atoms with Gasteiger partial charge in [0.1, 0.15) is 11.6 Å². The molecule has 0 saturated carbocycles. The lowest BCUT2D eigenvalue weighted by Gasteiger charge is -1.98. The van der Waals surface area contributed by atoms with Crippen molar-refractivity contribution in [1.82, 2.24) is 19.5 Å². The van der Waals surface area contributed by atoms with Gasteiger partial charge in [0.2, 0.25) is 0 Å². The number of hydrogen-bond donors (Lipinski definition) is 2. The first-order chi connectivity index (χ1) is 7.26. The molecule has 2 N–H and O–H groups in total. The van der Waals surface area contributed by atoms with Gasteiger partial charge in [-0.3, -0.25) is 4.98 Å². The van der Waals surface area contributed by atoms with Crippen LogP contribution < -0.4 is 5.69 Å². The summed E-state index contributed by atoms with van der Waals surface area (Å²) in [5.41, 5.74) is 0.135. The molecule has 7 nitrogen and oxygen atoms in total. The molecule has 7 heteroatoms. The van der Waals surface area contributed by atoms with Crippen molar-refractivity contribution in [2.45, 2.75) is 6.54 Å². The fourth-order valence-corrected chi connectivity index (χ4v) is 1.31. The highest BCUT2D eigenvalue weighted by atomic mass is 16.3. The van der Waals surface area contributed by atoms with Gasteiger partial charge in [-0.2, -0.15) is 10.2 Å². The van der Waals surface area contributed by atoms with E-state index < -0.39 is 5.69 Å². The van der Waals surface area contributed by atoms with Gasteiger partial charge in [-0.1, -0.05) is 0 Å². The fraction of sp³-hybridized carbons (Fsp3) is 0.250. The largest absolute Gasteiger partial charge is 0.395 e. The van der Waals surface area contributed by atoms with Crippen molar-refractivity contribution in [3.63, 3.8) is 0 Å². The number of hydrogen-bond acceptors (Lipinski definition) is 5. The van der Waals surface area contributed by atoms with Crippen molar-refractivity contribution in [2.24, 2.45) is 0 Å². The monoisotopic (exact) mass is 205 g/mol. The van der Waals surface area contributed by atoms with E-state index >= 15 is 0 Å². The SMILES string of the molecule is N#Cc1[nH]c(=O)nc2c1ncn2CCO. The molecular formula is C8H7N5O2. The van der Waals surface area contributed by atoms with Crippen LogP contribution in [0.5, 0.6) is 0 Å². The lowest BCUT2D eigenvalue weighted by Crippen LogP contribution is -2.14. The van der Waals surface area contributed by atoms with Crippen molar-refractivity contribution in [1.29, 1.82) is 5.26 Å². The predicted octanol–water partition coefficient (Wildman–Crippen LogP) is -1.02. The Balaban J connectivity index is 2.76. The molecule has 0 aliphatic carbocycles. The van der Waals surface area contributed by atoms with Gasteiger partial charge in [0.15, 0.2) is 11.3 Å². The predicted molar refractivity (Wildman–Crippen MR) is 49.9 cm³/mol. The van der Waals surface area contributed by atoms with Crippen LogP contribution in [0.15, 0.2) is 11.1 Å². The van der Waals surface area contributed by atoms with Crippen LogP contribution in [0.3, 0.4) is 0 Å². The standard InChI is InChI=1S/C8H7N5O2/c9-3-5-6-7(12-8(15)11-5)13(1-2-14)4-10-6/h4,14H,1-2H2,(H,11,12,15). The molecule has 15 heavy (non-hydrogen) atoms. The van der Waals surface area contributed by atoms with Crippen molar-refractivity contribution in [3.05, 3.63) is 22.5 Å². The topological polar surface area (TPSA) is 108 Å². The summed E-state index contributed by atoms with van der Waals surface area (Å²) in [6.45, 7) is 0.208. The van der Waals surface area contributed by atoms with Crippen LogP contribution in [0.2, 0.25) is 0 Å². The van der Waals surface area contributed by atoms with Gasteiger partial charge in [0, 0.05) is 6.54 Å². The molecule has 0 unspecified atom stereocenters. The second-order valence-corrected chi connectivity index (χ2v) is 2.86. The number of H-pyrrole nitrogens is 1. The minimum atomic E-state index is -0.598. The van der Waals surface area contributed by atoms with E-state index in [0.717, 1.165) is 0 Å². The molecule has 2 heterocycles. The first-order valence-electron chi connectivity index (χ1n) is 4.22. The van der Waals surface area contributed by atoms with Gasteiger partial charge in [-0.05, 0) is 0 Å². The molecule has 0 aliphatic rings. The number of nitrogens with zero attached hydrogens (tertiary/aromatic N) is 4. The summed E-state index contributed by atoms with van der Waals surface area (Å²) in [6.07, 6.45) is 1.43. The molecule has 0 atom stereocenters. The minimum Gasteiger partial charge on any atom is -0.395 e. The van der Waals surface area contributed by atoms with E-state index in [1.54, 1.807) is 0 Å². The summed E-state index contributed by atoms with van der Waals surface area (Å²) in [5.74, 6) is 0. The van der Waals surface area contributed by atoms with Crippen molar-refractivity contribution >= 4 is 11.2 Å². The highest BCUT2D eigenvalue weighted by molar-refractivity contribution is 5.75. The van der Waals surface area contributed by atoms with E-state index in [0.29, 0.717) is 11.2 Å². The Labute approximate surface area is 83.6 Å². The number of aliphatic hydroxyl groups excluding tert-OH is 1. The highest BCUT2D eigenvalue weighted by Gasteiger charge is 2.09. The van der Waals surface area contributed by atoms with Crippen LogP contribution in [0.25, 0.3) is 11.2 Å². The summed E-state index contributed by atoms with van der Waals surface area (Å²) in [5, 5.41) is 17.5. The maximum atomic E-state index is 11.1. The van der Waals surface area contributed by atoms with Crippen LogP contribution in [0.4, 0.5) is 0 Å². The molecule has 0 aliphatic heterocycles. The quantitative estimate of drug-likeness (QED) is 0.652. The number of nitrogens with one attached hydrogen (secondary N) is 1. The van der Waals surface area contributed by atoms with Crippen LogP contribution in [0.1, 0.15) is 5.69 Å². The molecule has 0 spiro atoms. The number of aliphatic hydroxyl groups is 1. The number of rotatable bonds is 2. The molecule has 0 radical (unpaired) electrons. The summed E-state index contributed by atoms with van der Waals surface area (Å²) in [6, 6.07) is 1.83. The molecule has 2 aromatic rings.